The lowest BCUT2D eigenvalue weighted by Crippen LogP contribution is -2.53. The lowest BCUT2D eigenvalue weighted by Gasteiger charge is -2.30. The Hall–Kier alpha value is -2.06. The van der Waals surface area contributed by atoms with Crippen molar-refractivity contribution >= 4 is 29.5 Å². The van der Waals surface area contributed by atoms with Gasteiger partial charge in [-0.1, -0.05) is 30.3 Å². The molecule has 1 fully saturated rings. The Morgan fingerprint density at radius 3 is 2.48 bits per heavy atom. The van der Waals surface area contributed by atoms with Crippen LogP contribution in [0.25, 0.3) is 0 Å². The Morgan fingerprint density at radius 1 is 1.16 bits per heavy atom. The van der Waals surface area contributed by atoms with Crippen LogP contribution in [0.15, 0.2) is 30.3 Å². The minimum Gasteiger partial charge on any atom is -0.481 e. The third-order valence-electron chi connectivity index (χ3n) is 3.70. The van der Waals surface area contributed by atoms with E-state index in [9.17, 15) is 14.4 Å². The predicted molar refractivity (Wildman–Crippen MR) is 94.4 cm³/mol. The van der Waals surface area contributed by atoms with Gasteiger partial charge in [-0.3, -0.25) is 14.4 Å². The summed E-state index contributed by atoms with van der Waals surface area (Å²) in [6.07, 6.45) is 0.395. The van der Waals surface area contributed by atoms with Crippen LogP contribution in [-0.4, -0.2) is 71.6 Å². The van der Waals surface area contributed by atoms with Gasteiger partial charge >= 0.3 is 5.97 Å². The Bertz CT molecular complexity index is 590. The maximum Gasteiger partial charge on any atom is 0.313 e. The smallest absolute Gasteiger partial charge is 0.313 e. The number of nitrogens with zero attached hydrogens (tertiary/aromatic N) is 1. The molecule has 0 aromatic heterocycles. The minimum absolute atomic E-state index is 0.00792. The number of ether oxygens (including phenoxy) is 1. The molecule has 1 aliphatic rings. The van der Waals surface area contributed by atoms with Crippen LogP contribution in [0.3, 0.4) is 0 Å². The molecule has 1 heterocycles. The van der Waals surface area contributed by atoms with Crippen molar-refractivity contribution < 1.29 is 24.2 Å². The van der Waals surface area contributed by atoms with Gasteiger partial charge in [-0.15, -0.1) is 11.8 Å². The SMILES string of the molecule is O=C(O)CSCC(=O)NC(Cc1ccccc1)C(=O)N1CCOCC1. The van der Waals surface area contributed by atoms with Crippen molar-refractivity contribution in [2.24, 2.45) is 0 Å². The fourth-order valence-corrected chi connectivity index (χ4v) is 3.07. The normalized spacial score (nSPS) is 15.4. The summed E-state index contributed by atoms with van der Waals surface area (Å²) in [5.41, 5.74) is 0.951. The summed E-state index contributed by atoms with van der Waals surface area (Å²) in [6, 6.07) is 8.81. The standard InChI is InChI=1S/C17H22N2O5S/c20-15(11-25-12-16(21)22)18-14(10-13-4-2-1-3-5-13)17(23)19-6-8-24-9-7-19/h1-5,14H,6-12H2,(H,18,20)(H,21,22). The van der Waals surface area contributed by atoms with Crippen LogP contribution in [0.1, 0.15) is 5.56 Å². The second kappa shape index (κ2) is 10.0. The van der Waals surface area contributed by atoms with E-state index in [1.165, 1.54) is 0 Å². The molecule has 0 aliphatic carbocycles. The van der Waals surface area contributed by atoms with E-state index in [4.69, 9.17) is 9.84 Å². The van der Waals surface area contributed by atoms with Crippen molar-refractivity contribution in [1.82, 2.24) is 10.2 Å². The van der Waals surface area contributed by atoms with Crippen LogP contribution >= 0.6 is 11.8 Å². The fraction of sp³-hybridized carbons (Fsp3) is 0.471. The summed E-state index contributed by atoms with van der Waals surface area (Å²) in [6.45, 7) is 2.00. The van der Waals surface area contributed by atoms with E-state index in [0.717, 1.165) is 17.3 Å². The van der Waals surface area contributed by atoms with Gasteiger partial charge in [0.15, 0.2) is 0 Å². The summed E-state index contributed by atoms with van der Waals surface area (Å²) in [5, 5.41) is 11.4. The molecular formula is C17H22N2O5S. The molecule has 0 bridgehead atoms. The van der Waals surface area contributed by atoms with Gasteiger partial charge in [0.2, 0.25) is 11.8 Å². The first-order chi connectivity index (χ1) is 12.1. The van der Waals surface area contributed by atoms with Gasteiger partial charge in [0, 0.05) is 19.5 Å². The van der Waals surface area contributed by atoms with E-state index in [-0.39, 0.29) is 23.3 Å². The zero-order valence-corrected chi connectivity index (χ0v) is 14.7. The highest BCUT2D eigenvalue weighted by Gasteiger charge is 2.27. The van der Waals surface area contributed by atoms with Crippen molar-refractivity contribution in [3.8, 4) is 0 Å². The maximum absolute atomic E-state index is 12.8. The molecule has 1 atom stereocenters. The number of carbonyl (C=O) groups is 3. The van der Waals surface area contributed by atoms with Crippen molar-refractivity contribution in [2.45, 2.75) is 12.5 Å². The molecule has 2 amide bonds. The quantitative estimate of drug-likeness (QED) is 0.691. The number of amides is 2. The van der Waals surface area contributed by atoms with E-state index in [0.29, 0.717) is 32.7 Å². The van der Waals surface area contributed by atoms with Gasteiger partial charge in [-0.05, 0) is 5.56 Å². The van der Waals surface area contributed by atoms with Gasteiger partial charge in [-0.25, -0.2) is 0 Å². The number of carboxylic acids is 1. The second-order valence-electron chi connectivity index (χ2n) is 5.63. The maximum atomic E-state index is 12.8. The van der Waals surface area contributed by atoms with E-state index in [2.05, 4.69) is 5.32 Å². The molecule has 0 spiro atoms. The van der Waals surface area contributed by atoms with Crippen LogP contribution in [0, 0.1) is 0 Å². The van der Waals surface area contributed by atoms with Gasteiger partial charge in [0.1, 0.15) is 6.04 Å². The highest BCUT2D eigenvalue weighted by atomic mass is 32.2. The lowest BCUT2D eigenvalue weighted by atomic mass is 10.0. The van der Waals surface area contributed by atoms with Crippen molar-refractivity contribution in [3.05, 3.63) is 35.9 Å². The van der Waals surface area contributed by atoms with Gasteiger partial charge in [-0.2, -0.15) is 0 Å². The number of hydrogen-bond acceptors (Lipinski definition) is 5. The minimum atomic E-state index is -0.969. The van der Waals surface area contributed by atoms with Crippen molar-refractivity contribution in [2.75, 3.05) is 37.8 Å². The van der Waals surface area contributed by atoms with E-state index < -0.39 is 12.0 Å². The predicted octanol–water partition coefficient (Wildman–Crippen LogP) is 0.390. The van der Waals surface area contributed by atoms with Crippen LogP contribution < -0.4 is 5.32 Å². The number of aliphatic carboxylic acids is 1. The average Bonchev–Trinajstić information content (AvgIpc) is 2.62. The number of rotatable bonds is 8. The molecule has 2 rings (SSSR count). The third kappa shape index (κ3) is 6.75. The highest BCUT2D eigenvalue weighted by molar-refractivity contribution is 8.00. The summed E-state index contributed by atoms with van der Waals surface area (Å²) in [4.78, 5) is 37.1. The number of hydrogen-bond donors (Lipinski definition) is 2. The monoisotopic (exact) mass is 366 g/mol. The summed E-state index contributed by atoms with van der Waals surface area (Å²) in [7, 11) is 0. The molecule has 0 radical (unpaired) electrons. The van der Waals surface area contributed by atoms with Crippen LogP contribution in [0.4, 0.5) is 0 Å². The number of morpholine rings is 1. The molecule has 1 aromatic carbocycles. The van der Waals surface area contributed by atoms with Gasteiger partial charge in [0.25, 0.3) is 0 Å². The molecule has 25 heavy (non-hydrogen) atoms. The van der Waals surface area contributed by atoms with Gasteiger partial charge in [0.05, 0.1) is 24.7 Å². The first-order valence-corrected chi connectivity index (χ1v) is 9.21. The zero-order chi connectivity index (χ0) is 18.1. The second-order valence-corrected chi connectivity index (χ2v) is 6.62. The molecule has 1 aromatic rings. The molecule has 1 aliphatic heterocycles. The Balaban J connectivity index is 1.99. The molecule has 7 nitrogen and oxygen atoms in total. The molecular weight excluding hydrogens is 344 g/mol. The zero-order valence-electron chi connectivity index (χ0n) is 13.8. The fourth-order valence-electron chi connectivity index (χ4n) is 2.52. The Kier molecular flexibility index (Phi) is 7.75. The number of nitrogens with one attached hydrogen (secondary N) is 1. The first kappa shape index (κ1) is 19.3. The number of carbonyl (C=O) groups excluding carboxylic acids is 2. The lowest BCUT2D eigenvalue weighted by molar-refractivity contribution is -0.139. The molecule has 0 saturated carbocycles. The largest absolute Gasteiger partial charge is 0.481 e. The average molecular weight is 366 g/mol. The van der Waals surface area contributed by atoms with Crippen LogP contribution in [-0.2, 0) is 25.5 Å². The Morgan fingerprint density at radius 2 is 1.84 bits per heavy atom. The van der Waals surface area contributed by atoms with E-state index in [1.807, 2.05) is 30.3 Å². The molecule has 1 unspecified atom stereocenters. The van der Waals surface area contributed by atoms with Crippen LogP contribution in [0.5, 0.6) is 0 Å². The van der Waals surface area contributed by atoms with E-state index in [1.54, 1.807) is 4.90 Å². The number of thioether (sulfide) groups is 1. The summed E-state index contributed by atoms with van der Waals surface area (Å²) in [5.74, 6) is -1.58. The molecule has 1 saturated heterocycles. The molecule has 8 heteroatoms. The number of carboxylic acid groups (broad SMARTS) is 1. The third-order valence-corrected chi connectivity index (χ3v) is 4.61. The van der Waals surface area contributed by atoms with Crippen molar-refractivity contribution in [1.29, 1.82) is 0 Å². The van der Waals surface area contributed by atoms with Crippen molar-refractivity contribution in [3.63, 3.8) is 0 Å². The van der Waals surface area contributed by atoms with Crippen LogP contribution in [0.2, 0.25) is 0 Å². The summed E-state index contributed by atoms with van der Waals surface area (Å²) < 4.78 is 5.26. The molecule has 2 N–H and O–H groups in total. The highest BCUT2D eigenvalue weighted by Crippen LogP contribution is 2.09. The number of benzene rings is 1. The summed E-state index contributed by atoms with van der Waals surface area (Å²) >= 11 is 1.01. The van der Waals surface area contributed by atoms with E-state index >= 15 is 0 Å². The molecule has 136 valence electrons. The van der Waals surface area contributed by atoms with Gasteiger partial charge < -0.3 is 20.1 Å². The topological polar surface area (TPSA) is 95.9 Å². The Labute approximate surface area is 150 Å². The first-order valence-electron chi connectivity index (χ1n) is 8.05.